The lowest BCUT2D eigenvalue weighted by Gasteiger charge is -2.16. The molecular formula is C11H22O3. The highest BCUT2D eigenvalue weighted by molar-refractivity contribution is 4.75. The van der Waals surface area contributed by atoms with E-state index in [2.05, 4.69) is 0 Å². The molecule has 0 rings (SSSR count). The lowest BCUT2D eigenvalue weighted by atomic mass is 10.4. The summed E-state index contributed by atoms with van der Waals surface area (Å²) >= 11 is 0. The number of hydrogen-bond donors (Lipinski definition) is 0. The highest BCUT2D eigenvalue weighted by atomic mass is 16.7. The van der Waals surface area contributed by atoms with Crippen LogP contribution in [0.25, 0.3) is 0 Å². The van der Waals surface area contributed by atoms with Gasteiger partial charge >= 0.3 is 0 Å². The van der Waals surface area contributed by atoms with Gasteiger partial charge in [-0.15, -0.1) is 0 Å². The molecule has 0 unspecified atom stereocenters. The zero-order chi connectivity index (χ0) is 10.6. The summed E-state index contributed by atoms with van der Waals surface area (Å²) in [6.45, 7) is 8.61. The van der Waals surface area contributed by atoms with E-state index in [0.29, 0.717) is 26.4 Å². The van der Waals surface area contributed by atoms with Crippen molar-refractivity contribution in [1.29, 1.82) is 0 Å². The van der Waals surface area contributed by atoms with E-state index >= 15 is 0 Å². The van der Waals surface area contributed by atoms with E-state index < -0.39 is 0 Å². The number of rotatable bonds is 9. The predicted molar refractivity (Wildman–Crippen MR) is 57.3 cm³/mol. The molecule has 0 amide bonds. The van der Waals surface area contributed by atoms with Crippen molar-refractivity contribution in [2.45, 2.75) is 33.5 Å². The van der Waals surface area contributed by atoms with E-state index in [1.165, 1.54) is 0 Å². The summed E-state index contributed by atoms with van der Waals surface area (Å²) in [5.74, 6) is 0. The Kier molecular flexibility index (Phi) is 10.4. The third kappa shape index (κ3) is 8.23. The molecule has 0 aromatic heterocycles. The molecule has 0 aromatic carbocycles. The maximum atomic E-state index is 5.37. The lowest BCUT2D eigenvalue weighted by Crippen LogP contribution is -2.19. The Balaban J connectivity index is 3.39. The van der Waals surface area contributed by atoms with Crippen LogP contribution in [0.3, 0.4) is 0 Å². The Hall–Kier alpha value is -0.380. The second-order valence-corrected chi connectivity index (χ2v) is 2.77. The first kappa shape index (κ1) is 13.6. The molecule has 0 N–H and O–H groups in total. The van der Waals surface area contributed by atoms with E-state index in [1.807, 2.05) is 32.9 Å². The quantitative estimate of drug-likeness (QED) is 0.326. The molecule has 0 atom stereocenters. The van der Waals surface area contributed by atoms with Crippen molar-refractivity contribution in [2.24, 2.45) is 0 Å². The fourth-order valence-corrected chi connectivity index (χ4v) is 1.01. The minimum absolute atomic E-state index is 0.115. The second kappa shape index (κ2) is 10.7. The van der Waals surface area contributed by atoms with Crippen LogP contribution in [0.1, 0.15) is 27.2 Å². The number of ether oxygens (including phenoxy) is 3. The van der Waals surface area contributed by atoms with E-state index in [0.717, 1.165) is 6.42 Å². The summed E-state index contributed by atoms with van der Waals surface area (Å²) in [6, 6.07) is 0. The van der Waals surface area contributed by atoms with Crippen molar-refractivity contribution >= 4 is 0 Å². The van der Waals surface area contributed by atoms with Crippen LogP contribution in [-0.2, 0) is 14.2 Å². The minimum Gasteiger partial charge on any atom is -0.377 e. The molecular weight excluding hydrogens is 180 g/mol. The predicted octanol–water partition coefficient (Wildman–Crippen LogP) is 2.37. The fourth-order valence-electron chi connectivity index (χ4n) is 1.01. The van der Waals surface area contributed by atoms with Crippen molar-refractivity contribution in [3.8, 4) is 0 Å². The molecule has 0 aliphatic carbocycles. The van der Waals surface area contributed by atoms with E-state index in [4.69, 9.17) is 14.2 Å². The van der Waals surface area contributed by atoms with Gasteiger partial charge < -0.3 is 14.2 Å². The molecule has 84 valence electrons. The van der Waals surface area contributed by atoms with Crippen molar-refractivity contribution < 1.29 is 14.2 Å². The van der Waals surface area contributed by atoms with E-state index in [9.17, 15) is 0 Å². The van der Waals surface area contributed by atoms with Crippen LogP contribution >= 0.6 is 0 Å². The molecule has 0 aliphatic heterocycles. The minimum atomic E-state index is -0.115. The molecule has 3 heteroatoms. The molecule has 0 fully saturated rings. The van der Waals surface area contributed by atoms with Crippen LogP contribution in [0.5, 0.6) is 0 Å². The van der Waals surface area contributed by atoms with Gasteiger partial charge in [-0.3, -0.25) is 0 Å². The highest BCUT2D eigenvalue weighted by Gasteiger charge is 2.06. The second-order valence-electron chi connectivity index (χ2n) is 2.77. The molecule has 0 aliphatic rings. The number of allylic oxidation sites excluding steroid dienone is 1. The summed E-state index contributed by atoms with van der Waals surface area (Å²) in [5, 5.41) is 0. The monoisotopic (exact) mass is 202 g/mol. The molecule has 0 aromatic rings. The zero-order valence-electron chi connectivity index (χ0n) is 9.49. The maximum absolute atomic E-state index is 5.37. The molecule has 0 heterocycles. The summed E-state index contributed by atoms with van der Waals surface area (Å²) < 4.78 is 16.1. The average molecular weight is 202 g/mol. The Morgan fingerprint density at radius 2 is 1.79 bits per heavy atom. The topological polar surface area (TPSA) is 27.7 Å². The van der Waals surface area contributed by atoms with Crippen molar-refractivity contribution in [2.75, 3.05) is 26.4 Å². The van der Waals surface area contributed by atoms with Gasteiger partial charge in [0.05, 0.1) is 13.2 Å². The largest absolute Gasteiger partial charge is 0.377 e. The van der Waals surface area contributed by atoms with Crippen LogP contribution in [0.15, 0.2) is 12.2 Å². The summed E-state index contributed by atoms with van der Waals surface area (Å²) in [7, 11) is 0. The van der Waals surface area contributed by atoms with Gasteiger partial charge in [0.1, 0.15) is 0 Å². The van der Waals surface area contributed by atoms with Gasteiger partial charge in [-0.05, 0) is 20.8 Å². The van der Waals surface area contributed by atoms with Crippen molar-refractivity contribution in [3.05, 3.63) is 12.2 Å². The van der Waals surface area contributed by atoms with Gasteiger partial charge in [0, 0.05) is 19.6 Å². The van der Waals surface area contributed by atoms with Crippen molar-refractivity contribution in [3.63, 3.8) is 0 Å². The molecule has 0 spiro atoms. The van der Waals surface area contributed by atoms with Gasteiger partial charge in [0.2, 0.25) is 0 Å². The van der Waals surface area contributed by atoms with Crippen LogP contribution in [0.4, 0.5) is 0 Å². The molecule has 14 heavy (non-hydrogen) atoms. The van der Waals surface area contributed by atoms with Crippen LogP contribution < -0.4 is 0 Å². The standard InChI is InChI=1S/C11H22O3/c1-4-7-9-12-10-8-11(13-5-2)14-6-3/h4,7,11H,5-6,8-10H2,1-3H3. The van der Waals surface area contributed by atoms with Gasteiger partial charge in [-0.25, -0.2) is 0 Å². The first-order valence-corrected chi connectivity index (χ1v) is 5.27. The normalized spacial score (nSPS) is 11.7. The number of hydrogen-bond acceptors (Lipinski definition) is 3. The van der Waals surface area contributed by atoms with Crippen LogP contribution in [0, 0.1) is 0 Å². The molecule has 0 saturated heterocycles. The summed E-state index contributed by atoms with van der Waals surface area (Å²) in [4.78, 5) is 0. The SMILES string of the molecule is CC=CCOCCC(OCC)OCC. The smallest absolute Gasteiger partial charge is 0.159 e. The third-order valence-corrected chi connectivity index (χ3v) is 1.65. The third-order valence-electron chi connectivity index (χ3n) is 1.65. The van der Waals surface area contributed by atoms with E-state index in [-0.39, 0.29) is 6.29 Å². The van der Waals surface area contributed by atoms with Gasteiger partial charge in [0.25, 0.3) is 0 Å². The Morgan fingerprint density at radius 3 is 2.29 bits per heavy atom. The fraction of sp³-hybridized carbons (Fsp3) is 0.818. The first-order valence-electron chi connectivity index (χ1n) is 5.27. The molecule has 0 radical (unpaired) electrons. The van der Waals surface area contributed by atoms with Gasteiger partial charge in [0.15, 0.2) is 6.29 Å². The summed E-state index contributed by atoms with van der Waals surface area (Å²) in [5.41, 5.74) is 0. The zero-order valence-corrected chi connectivity index (χ0v) is 9.49. The maximum Gasteiger partial charge on any atom is 0.159 e. The van der Waals surface area contributed by atoms with E-state index in [1.54, 1.807) is 0 Å². The highest BCUT2D eigenvalue weighted by Crippen LogP contribution is 2.01. The van der Waals surface area contributed by atoms with Gasteiger partial charge in [-0.2, -0.15) is 0 Å². The van der Waals surface area contributed by atoms with Crippen LogP contribution in [-0.4, -0.2) is 32.7 Å². The molecule has 3 nitrogen and oxygen atoms in total. The van der Waals surface area contributed by atoms with Gasteiger partial charge in [-0.1, -0.05) is 12.2 Å². The lowest BCUT2D eigenvalue weighted by molar-refractivity contribution is -0.146. The molecule has 0 bridgehead atoms. The Morgan fingerprint density at radius 1 is 1.14 bits per heavy atom. The Bertz CT molecular complexity index is 128. The van der Waals surface area contributed by atoms with Crippen molar-refractivity contribution in [1.82, 2.24) is 0 Å². The Labute approximate surface area is 87.0 Å². The molecule has 0 saturated carbocycles. The van der Waals surface area contributed by atoms with Crippen LogP contribution in [0.2, 0.25) is 0 Å². The average Bonchev–Trinajstić information content (AvgIpc) is 2.18. The first-order chi connectivity index (χ1) is 6.85. The summed E-state index contributed by atoms with van der Waals surface area (Å²) in [6.07, 6.45) is 4.63.